The van der Waals surface area contributed by atoms with Crippen LogP contribution in [0.3, 0.4) is 0 Å². The molecule has 0 amide bonds. The molecule has 0 aliphatic rings. The Morgan fingerprint density at radius 2 is 1.90 bits per heavy atom. The van der Waals surface area contributed by atoms with Crippen molar-refractivity contribution in [3.8, 4) is 11.3 Å². The van der Waals surface area contributed by atoms with Gasteiger partial charge in [0.15, 0.2) is 0 Å². The van der Waals surface area contributed by atoms with Gasteiger partial charge in [-0.05, 0) is 36.9 Å². The summed E-state index contributed by atoms with van der Waals surface area (Å²) in [6.45, 7) is 1.24. The van der Waals surface area contributed by atoms with E-state index < -0.39 is 5.51 Å². The van der Waals surface area contributed by atoms with Gasteiger partial charge >= 0.3 is 5.51 Å². The minimum atomic E-state index is -4.27. The Labute approximate surface area is 118 Å². The van der Waals surface area contributed by atoms with E-state index in [1.165, 1.54) is 12.1 Å². The molecule has 2 aromatic rings. The zero-order valence-corrected chi connectivity index (χ0v) is 11.3. The van der Waals surface area contributed by atoms with Crippen LogP contribution in [0.4, 0.5) is 13.2 Å². The van der Waals surface area contributed by atoms with Crippen molar-refractivity contribution in [1.82, 2.24) is 15.0 Å². The molecule has 0 fully saturated rings. The van der Waals surface area contributed by atoms with Crippen molar-refractivity contribution in [1.29, 1.82) is 0 Å². The van der Waals surface area contributed by atoms with Gasteiger partial charge in [0.05, 0.1) is 6.20 Å². The average molecular weight is 302 g/mol. The monoisotopic (exact) mass is 302 g/mol. The van der Waals surface area contributed by atoms with Crippen molar-refractivity contribution in [2.45, 2.75) is 23.4 Å². The molecule has 0 saturated carbocycles. The minimum absolute atomic E-state index is 0.134. The number of nitrogens with zero attached hydrogens (tertiary/aromatic N) is 3. The van der Waals surface area contributed by atoms with E-state index in [1.807, 2.05) is 0 Å². The molecule has 1 aromatic carbocycles. The van der Waals surface area contributed by atoms with Crippen molar-refractivity contribution >= 4 is 11.8 Å². The largest absolute Gasteiger partial charge is 0.446 e. The van der Waals surface area contributed by atoms with Crippen molar-refractivity contribution in [2.75, 3.05) is 6.54 Å². The lowest BCUT2D eigenvalue weighted by Crippen LogP contribution is -2.06. The molecule has 0 spiro atoms. The van der Waals surface area contributed by atoms with Crippen LogP contribution >= 0.6 is 11.8 Å². The van der Waals surface area contributed by atoms with Gasteiger partial charge in [0, 0.05) is 17.0 Å². The highest BCUT2D eigenvalue weighted by Gasteiger charge is 2.29. The fraction of sp³-hybridized carbons (Fsp3) is 0.333. The fourth-order valence-electron chi connectivity index (χ4n) is 1.62. The van der Waals surface area contributed by atoms with Gasteiger partial charge in [-0.25, -0.2) is 0 Å². The maximum atomic E-state index is 12.2. The number of aromatic nitrogens is 3. The van der Waals surface area contributed by atoms with Crippen molar-refractivity contribution in [2.24, 2.45) is 5.73 Å². The van der Waals surface area contributed by atoms with Crippen LogP contribution < -0.4 is 5.73 Å². The van der Waals surface area contributed by atoms with Crippen LogP contribution in [0.5, 0.6) is 0 Å². The van der Waals surface area contributed by atoms with E-state index in [0.29, 0.717) is 18.8 Å². The molecule has 1 heterocycles. The molecule has 2 N–H and O–H groups in total. The highest BCUT2D eigenvalue weighted by Crippen LogP contribution is 2.37. The van der Waals surface area contributed by atoms with Crippen molar-refractivity contribution < 1.29 is 13.2 Å². The van der Waals surface area contributed by atoms with E-state index in [-0.39, 0.29) is 16.7 Å². The first-order valence-corrected chi connectivity index (χ1v) is 6.76. The first-order valence-electron chi connectivity index (χ1n) is 5.94. The lowest BCUT2D eigenvalue weighted by atomic mass is 10.2. The quantitative estimate of drug-likeness (QED) is 0.863. The Bertz CT molecular complexity index is 551. The topological polar surface area (TPSA) is 56.7 Å². The smallest absolute Gasteiger partial charge is 0.330 e. The first-order chi connectivity index (χ1) is 9.48. The number of rotatable bonds is 5. The van der Waals surface area contributed by atoms with Gasteiger partial charge in [0.2, 0.25) is 0 Å². The molecular weight excluding hydrogens is 289 g/mol. The van der Waals surface area contributed by atoms with Crippen molar-refractivity contribution in [3.63, 3.8) is 0 Å². The number of aryl methyl sites for hydroxylation is 1. The summed E-state index contributed by atoms with van der Waals surface area (Å²) in [6.07, 6.45) is 2.55. The third kappa shape index (κ3) is 4.24. The second-order valence-corrected chi connectivity index (χ2v) is 5.22. The summed E-state index contributed by atoms with van der Waals surface area (Å²) in [5.41, 5.74) is 2.50. The van der Waals surface area contributed by atoms with E-state index in [0.717, 1.165) is 12.0 Å². The molecule has 0 bridgehead atoms. The van der Waals surface area contributed by atoms with E-state index in [2.05, 4.69) is 10.3 Å². The van der Waals surface area contributed by atoms with E-state index in [4.69, 9.17) is 5.73 Å². The Hall–Kier alpha value is -1.54. The Kier molecular flexibility index (Phi) is 4.66. The zero-order chi connectivity index (χ0) is 14.6. The van der Waals surface area contributed by atoms with Crippen LogP contribution in [0.2, 0.25) is 0 Å². The van der Waals surface area contributed by atoms with Gasteiger partial charge in [-0.2, -0.15) is 13.2 Å². The number of hydrogen-bond donors (Lipinski definition) is 1. The lowest BCUT2D eigenvalue weighted by molar-refractivity contribution is -0.0328. The second-order valence-electron chi connectivity index (χ2n) is 4.08. The molecule has 1 aromatic heterocycles. The molecule has 2 rings (SSSR count). The summed E-state index contributed by atoms with van der Waals surface area (Å²) >= 11 is -0.134. The molecule has 20 heavy (non-hydrogen) atoms. The summed E-state index contributed by atoms with van der Waals surface area (Å²) in [6, 6.07) is 6.05. The summed E-state index contributed by atoms with van der Waals surface area (Å²) < 4.78 is 38.3. The molecule has 8 heteroatoms. The number of halogens is 3. The van der Waals surface area contributed by atoms with Crippen LogP contribution in [0.25, 0.3) is 11.3 Å². The molecule has 108 valence electrons. The highest BCUT2D eigenvalue weighted by molar-refractivity contribution is 8.00. The summed E-state index contributed by atoms with van der Waals surface area (Å²) in [5, 5.41) is 7.92. The van der Waals surface area contributed by atoms with E-state index >= 15 is 0 Å². The van der Waals surface area contributed by atoms with E-state index in [1.54, 1.807) is 23.0 Å². The van der Waals surface area contributed by atoms with Gasteiger partial charge < -0.3 is 5.73 Å². The van der Waals surface area contributed by atoms with E-state index in [9.17, 15) is 13.2 Å². The first kappa shape index (κ1) is 14.9. The Balaban J connectivity index is 2.07. The molecule has 0 atom stereocenters. The number of nitrogens with two attached hydrogens (primary N) is 1. The minimum Gasteiger partial charge on any atom is -0.330 e. The summed E-state index contributed by atoms with van der Waals surface area (Å²) in [4.78, 5) is 0.150. The van der Waals surface area contributed by atoms with Crippen LogP contribution in [-0.4, -0.2) is 27.0 Å². The molecule has 0 aliphatic heterocycles. The Morgan fingerprint density at radius 1 is 1.20 bits per heavy atom. The van der Waals surface area contributed by atoms with Gasteiger partial charge in [0.25, 0.3) is 0 Å². The van der Waals surface area contributed by atoms with Crippen molar-refractivity contribution in [3.05, 3.63) is 30.5 Å². The summed E-state index contributed by atoms with van der Waals surface area (Å²) in [7, 11) is 0. The molecule has 0 aliphatic carbocycles. The number of hydrogen-bond acceptors (Lipinski definition) is 4. The lowest BCUT2D eigenvalue weighted by Gasteiger charge is -2.05. The predicted molar refractivity (Wildman–Crippen MR) is 71.0 cm³/mol. The fourth-order valence-corrected chi connectivity index (χ4v) is 2.16. The predicted octanol–water partition coefficient (Wildman–Crippen LogP) is 2.91. The molecule has 0 saturated heterocycles. The van der Waals surface area contributed by atoms with Gasteiger partial charge in [-0.3, -0.25) is 4.68 Å². The van der Waals surface area contributed by atoms with Gasteiger partial charge in [-0.1, -0.05) is 17.3 Å². The highest BCUT2D eigenvalue weighted by atomic mass is 32.2. The van der Waals surface area contributed by atoms with Gasteiger partial charge in [-0.15, -0.1) is 5.10 Å². The molecule has 0 unspecified atom stereocenters. The SMILES string of the molecule is NCCCn1cc(-c2ccc(SC(F)(F)F)cc2)nn1. The average Bonchev–Trinajstić information content (AvgIpc) is 2.84. The van der Waals surface area contributed by atoms with Crippen LogP contribution in [0, 0.1) is 0 Å². The van der Waals surface area contributed by atoms with Gasteiger partial charge in [0.1, 0.15) is 5.69 Å². The third-order valence-corrected chi connectivity index (χ3v) is 3.25. The van der Waals surface area contributed by atoms with Crippen LogP contribution in [0.15, 0.2) is 35.4 Å². The number of benzene rings is 1. The molecular formula is C12H13F3N4S. The van der Waals surface area contributed by atoms with Crippen LogP contribution in [-0.2, 0) is 6.54 Å². The maximum absolute atomic E-state index is 12.2. The molecule has 4 nitrogen and oxygen atoms in total. The second kappa shape index (κ2) is 6.27. The third-order valence-electron chi connectivity index (χ3n) is 2.51. The zero-order valence-electron chi connectivity index (χ0n) is 10.5. The van der Waals surface area contributed by atoms with Crippen LogP contribution in [0.1, 0.15) is 6.42 Å². The normalized spacial score (nSPS) is 11.8. The standard InChI is InChI=1S/C12H13F3N4S/c13-12(14,15)20-10-4-2-9(3-5-10)11-8-19(18-17-11)7-1-6-16/h2-5,8H,1,6-7,16H2. The number of alkyl halides is 3. The molecule has 0 radical (unpaired) electrons. The number of thioether (sulfide) groups is 1. The summed E-state index contributed by atoms with van der Waals surface area (Å²) in [5.74, 6) is 0. The Morgan fingerprint density at radius 3 is 2.50 bits per heavy atom. The maximum Gasteiger partial charge on any atom is 0.446 e.